The van der Waals surface area contributed by atoms with Crippen LogP contribution in [0.4, 0.5) is 5.95 Å². The largest absolute Gasteiger partial charge is 0.351 e. The molecule has 0 saturated heterocycles. The van der Waals surface area contributed by atoms with Crippen LogP contribution in [0.2, 0.25) is 0 Å². The molecule has 5 heteroatoms. The number of hydrogen-bond acceptors (Lipinski definition) is 5. The van der Waals surface area contributed by atoms with Crippen molar-refractivity contribution in [3.8, 4) is 0 Å². The Kier molecular flexibility index (Phi) is 6.70. The van der Waals surface area contributed by atoms with Crippen molar-refractivity contribution in [1.82, 2.24) is 15.2 Å². The lowest BCUT2D eigenvalue weighted by molar-refractivity contribution is 0.407. The van der Waals surface area contributed by atoms with Gasteiger partial charge in [-0.25, -0.2) is 4.98 Å². The molecule has 0 aliphatic rings. The highest BCUT2D eigenvalue weighted by Gasteiger charge is 2.14. The minimum absolute atomic E-state index is 0.134. The summed E-state index contributed by atoms with van der Waals surface area (Å²) in [4.78, 5) is 4.50. The first-order valence-corrected chi connectivity index (χ1v) is 7.37. The van der Waals surface area contributed by atoms with Crippen molar-refractivity contribution in [1.29, 1.82) is 0 Å². The molecule has 0 aromatic carbocycles. The van der Waals surface area contributed by atoms with Gasteiger partial charge in [-0.15, -0.1) is 5.10 Å². The Bertz CT molecular complexity index is 376. The first kappa shape index (κ1) is 15.8. The SMILES string of the molecule is CCc1nnc(NCC(N)C(CC)CC)nc1CC. The van der Waals surface area contributed by atoms with Gasteiger partial charge in [-0.05, 0) is 18.8 Å². The third-order valence-corrected chi connectivity index (χ3v) is 3.66. The van der Waals surface area contributed by atoms with E-state index in [1.807, 2.05) is 0 Å². The van der Waals surface area contributed by atoms with E-state index >= 15 is 0 Å². The predicted octanol–water partition coefficient (Wildman–Crippen LogP) is 2.17. The topological polar surface area (TPSA) is 76.7 Å². The summed E-state index contributed by atoms with van der Waals surface area (Å²) in [5.41, 5.74) is 8.18. The molecule has 0 saturated carbocycles. The maximum atomic E-state index is 6.17. The number of rotatable bonds is 8. The first-order chi connectivity index (χ1) is 9.15. The molecule has 0 bridgehead atoms. The summed E-state index contributed by atoms with van der Waals surface area (Å²) in [6, 6.07) is 0.134. The van der Waals surface area contributed by atoms with Crippen molar-refractivity contribution < 1.29 is 0 Å². The highest BCUT2D eigenvalue weighted by molar-refractivity contribution is 5.26. The Labute approximate surface area is 116 Å². The molecule has 0 radical (unpaired) electrons. The van der Waals surface area contributed by atoms with Crippen LogP contribution in [0.1, 0.15) is 51.9 Å². The number of aryl methyl sites for hydroxylation is 2. The summed E-state index contributed by atoms with van der Waals surface area (Å²) in [5, 5.41) is 11.5. The first-order valence-electron chi connectivity index (χ1n) is 7.37. The summed E-state index contributed by atoms with van der Waals surface area (Å²) in [7, 11) is 0. The molecule has 0 fully saturated rings. The van der Waals surface area contributed by atoms with Crippen molar-refractivity contribution >= 4 is 5.95 Å². The molecule has 1 rings (SSSR count). The molecule has 19 heavy (non-hydrogen) atoms. The van der Waals surface area contributed by atoms with Gasteiger partial charge in [-0.1, -0.05) is 40.5 Å². The zero-order valence-electron chi connectivity index (χ0n) is 12.6. The molecule has 108 valence electrons. The molecule has 1 unspecified atom stereocenters. The van der Waals surface area contributed by atoms with Gasteiger partial charge in [0, 0.05) is 12.6 Å². The average Bonchev–Trinajstić information content (AvgIpc) is 2.45. The van der Waals surface area contributed by atoms with E-state index in [2.05, 4.69) is 48.2 Å². The van der Waals surface area contributed by atoms with Crippen LogP contribution in [0, 0.1) is 5.92 Å². The Morgan fingerprint density at radius 3 is 2.16 bits per heavy atom. The molecule has 1 aromatic rings. The third kappa shape index (κ3) is 4.42. The van der Waals surface area contributed by atoms with Crippen LogP contribution in [0.5, 0.6) is 0 Å². The van der Waals surface area contributed by atoms with E-state index < -0.39 is 0 Å². The normalized spacial score (nSPS) is 12.7. The van der Waals surface area contributed by atoms with Crippen molar-refractivity contribution in [3.63, 3.8) is 0 Å². The summed E-state index contributed by atoms with van der Waals surface area (Å²) >= 11 is 0. The van der Waals surface area contributed by atoms with E-state index in [1.54, 1.807) is 0 Å². The molecule has 1 atom stereocenters. The molecular weight excluding hydrogens is 238 g/mol. The van der Waals surface area contributed by atoms with Gasteiger partial charge in [0.05, 0.1) is 11.4 Å². The Hall–Kier alpha value is -1.23. The Morgan fingerprint density at radius 2 is 1.63 bits per heavy atom. The van der Waals surface area contributed by atoms with Crippen LogP contribution in [0.3, 0.4) is 0 Å². The van der Waals surface area contributed by atoms with Crippen LogP contribution in [-0.2, 0) is 12.8 Å². The lowest BCUT2D eigenvalue weighted by atomic mass is 9.95. The molecular formula is C14H27N5. The quantitative estimate of drug-likeness (QED) is 0.753. The lowest BCUT2D eigenvalue weighted by Crippen LogP contribution is -2.36. The van der Waals surface area contributed by atoms with Crippen LogP contribution < -0.4 is 11.1 Å². The van der Waals surface area contributed by atoms with Crippen molar-refractivity contribution in [2.75, 3.05) is 11.9 Å². The molecule has 0 aliphatic carbocycles. The van der Waals surface area contributed by atoms with Crippen LogP contribution >= 0.6 is 0 Å². The van der Waals surface area contributed by atoms with Gasteiger partial charge in [0.15, 0.2) is 0 Å². The molecule has 0 spiro atoms. The van der Waals surface area contributed by atoms with Gasteiger partial charge in [0.25, 0.3) is 0 Å². The second-order valence-corrected chi connectivity index (χ2v) is 4.86. The van der Waals surface area contributed by atoms with Gasteiger partial charge in [-0.2, -0.15) is 5.10 Å². The van der Waals surface area contributed by atoms with E-state index in [9.17, 15) is 0 Å². The van der Waals surface area contributed by atoms with Crippen LogP contribution in [-0.4, -0.2) is 27.8 Å². The zero-order valence-corrected chi connectivity index (χ0v) is 12.6. The fraction of sp³-hybridized carbons (Fsp3) is 0.786. The highest BCUT2D eigenvalue weighted by Crippen LogP contribution is 2.12. The van der Waals surface area contributed by atoms with Crippen molar-refractivity contribution in [2.45, 2.75) is 59.4 Å². The second kappa shape index (κ2) is 8.04. The number of hydrogen-bond donors (Lipinski definition) is 2. The monoisotopic (exact) mass is 265 g/mol. The summed E-state index contributed by atoms with van der Waals surface area (Å²) in [6.45, 7) is 9.21. The number of nitrogens with zero attached hydrogens (tertiary/aromatic N) is 3. The van der Waals surface area contributed by atoms with Crippen molar-refractivity contribution in [2.24, 2.45) is 11.7 Å². The smallest absolute Gasteiger partial charge is 0.243 e. The average molecular weight is 265 g/mol. The lowest BCUT2D eigenvalue weighted by Gasteiger charge is -2.21. The number of aromatic nitrogens is 3. The van der Waals surface area contributed by atoms with E-state index in [1.165, 1.54) is 0 Å². The van der Waals surface area contributed by atoms with Gasteiger partial charge < -0.3 is 11.1 Å². The van der Waals surface area contributed by atoms with Crippen LogP contribution in [0.15, 0.2) is 0 Å². The minimum atomic E-state index is 0.134. The number of anilines is 1. The number of nitrogens with two attached hydrogens (primary N) is 1. The molecule has 0 aliphatic heterocycles. The second-order valence-electron chi connectivity index (χ2n) is 4.86. The third-order valence-electron chi connectivity index (χ3n) is 3.66. The summed E-state index contributed by atoms with van der Waals surface area (Å²) < 4.78 is 0. The molecule has 3 N–H and O–H groups in total. The number of nitrogens with one attached hydrogen (secondary N) is 1. The van der Waals surface area contributed by atoms with Gasteiger partial charge in [-0.3, -0.25) is 0 Å². The van der Waals surface area contributed by atoms with Crippen LogP contribution in [0.25, 0.3) is 0 Å². The summed E-state index contributed by atoms with van der Waals surface area (Å²) in [5.74, 6) is 1.14. The van der Waals surface area contributed by atoms with E-state index in [0.717, 1.165) is 37.1 Å². The Morgan fingerprint density at radius 1 is 1.00 bits per heavy atom. The minimum Gasteiger partial charge on any atom is -0.351 e. The van der Waals surface area contributed by atoms with Gasteiger partial charge >= 0.3 is 0 Å². The standard InChI is InChI=1S/C14H27N5/c1-5-10(6-2)11(15)9-16-14-17-12(7-3)13(8-4)18-19-14/h10-11H,5-9,15H2,1-4H3,(H,16,17,19). The van der Waals surface area contributed by atoms with Crippen molar-refractivity contribution in [3.05, 3.63) is 11.4 Å². The zero-order chi connectivity index (χ0) is 14.3. The van der Waals surface area contributed by atoms with E-state index in [4.69, 9.17) is 5.73 Å². The molecule has 1 aromatic heterocycles. The van der Waals surface area contributed by atoms with Gasteiger partial charge in [0.1, 0.15) is 0 Å². The van der Waals surface area contributed by atoms with E-state index in [0.29, 0.717) is 18.4 Å². The predicted molar refractivity (Wildman–Crippen MR) is 79.1 cm³/mol. The Balaban J connectivity index is 2.62. The molecule has 0 amide bonds. The fourth-order valence-electron chi connectivity index (χ4n) is 2.28. The molecule has 1 heterocycles. The highest BCUT2D eigenvalue weighted by atomic mass is 15.2. The van der Waals surface area contributed by atoms with E-state index in [-0.39, 0.29) is 6.04 Å². The summed E-state index contributed by atoms with van der Waals surface area (Å²) in [6.07, 6.45) is 3.96. The maximum absolute atomic E-state index is 6.17. The maximum Gasteiger partial charge on any atom is 0.243 e. The van der Waals surface area contributed by atoms with Gasteiger partial charge in [0.2, 0.25) is 5.95 Å². The fourth-order valence-corrected chi connectivity index (χ4v) is 2.28. The molecule has 5 nitrogen and oxygen atoms in total.